The SMILES string of the molecule is c1ccc2cc(-c3ccc(-c4nc(-n5c6ccccc6c6cc7c(ccc8c9ccccc9oc78)cc65)nc5c6ccccc6c6ccccc6c45)cc3)ccc2c1. The van der Waals surface area contributed by atoms with Crippen LogP contribution in [-0.2, 0) is 0 Å². The molecule has 3 aromatic heterocycles. The van der Waals surface area contributed by atoms with Crippen LogP contribution in [0.3, 0.4) is 0 Å². The van der Waals surface area contributed by atoms with Crippen molar-refractivity contribution in [2.75, 3.05) is 0 Å². The monoisotopic (exact) mass is 737 g/mol. The predicted molar refractivity (Wildman–Crippen MR) is 242 cm³/mol. The lowest BCUT2D eigenvalue weighted by atomic mass is 9.94. The molecule has 4 nitrogen and oxygen atoms in total. The van der Waals surface area contributed by atoms with E-state index in [1.54, 1.807) is 0 Å². The lowest BCUT2D eigenvalue weighted by Gasteiger charge is -2.16. The fourth-order valence-corrected chi connectivity index (χ4v) is 9.44. The van der Waals surface area contributed by atoms with Crippen LogP contribution in [0.25, 0.3) is 126 Å². The van der Waals surface area contributed by atoms with Crippen molar-refractivity contribution < 1.29 is 4.42 Å². The van der Waals surface area contributed by atoms with E-state index in [0.29, 0.717) is 5.95 Å². The number of fused-ring (bicyclic) bond motifs is 15. The lowest BCUT2D eigenvalue weighted by Crippen LogP contribution is -2.04. The average molecular weight is 738 g/mol. The van der Waals surface area contributed by atoms with Gasteiger partial charge in [-0.15, -0.1) is 0 Å². The van der Waals surface area contributed by atoms with Gasteiger partial charge in [0.1, 0.15) is 11.2 Å². The summed E-state index contributed by atoms with van der Waals surface area (Å²) in [4.78, 5) is 11.2. The molecule has 13 rings (SSSR count). The van der Waals surface area contributed by atoms with Gasteiger partial charge < -0.3 is 4.42 Å². The van der Waals surface area contributed by atoms with E-state index in [0.717, 1.165) is 93.0 Å². The van der Waals surface area contributed by atoms with Crippen LogP contribution >= 0.6 is 0 Å². The van der Waals surface area contributed by atoms with E-state index in [1.165, 1.54) is 27.1 Å². The minimum Gasteiger partial charge on any atom is -0.455 e. The molecular formula is C54H31N3O. The number of para-hydroxylation sites is 2. The Balaban J connectivity index is 1.11. The standard InChI is InChI=1S/C54H31N3O/c1-2-12-35-29-36(26-23-32(35)11-1)33-21-24-34(25-22-33)51-50-42-17-5-3-13-38(42)39-14-4-6-18-43(39)52(50)56-54(55-51)57-47-19-9-7-15-40(47)46-31-45-37(30-48(46)57)27-28-44-41-16-8-10-20-49(41)58-53(44)45/h1-31H. The van der Waals surface area contributed by atoms with Crippen LogP contribution in [0.2, 0.25) is 0 Å². The van der Waals surface area contributed by atoms with E-state index in [9.17, 15) is 0 Å². The molecule has 10 aromatic carbocycles. The number of hydrogen-bond acceptors (Lipinski definition) is 3. The van der Waals surface area contributed by atoms with Crippen molar-refractivity contribution in [3.05, 3.63) is 188 Å². The van der Waals surface area contributed by atoms with Crippen LogP contribution in [0.5, 0.6) is 0 Å². The Labute approximate surface area is 331 Å². The highest BCUT2D eigenvalue weighted by Gasteiger charge is 2.22. The van der Waals surface area contributed by atoms with Crippen molar-refractivity contribution in [2.24, 2.45) is 0 Å². The second-order valence-corrected chi connectivity index (χ2v) is 15.3. The predicted octanol–water partition coefficient (Wildman–Crippen LogP) is 14.6. The van der Waals surface area contributed by atoms with Crippen LogP contribution in [0.4, 0.5) is 0 Å². The summed E-state index contributed by atoms with van der Waals surface area (Å²) in [5.41, 5.74) is 9.13. The number of aromatic nitrogens is 3. The fourth-order valence-electron chi connectivity index (χ4n) is 9.44. The number of hydrogen-bond donors (Lipinski definition) is 0. The zero-order chi connectivity index (χ0) is 37.9. The van der Waals surface area contributed by atoms with Gasteiger partial charge in [0.05, 0.1) is 22.2 Å². The van der Waals surface area contributed by atoms with E-state index >= 15 is 0 Å². The van der Waals surface area contributed by atoms with Crippen LogP contribution in [0.15, 0.2) is 192 Å². The maximum absolute atomic E-state index is 6.53. The van der Waals surface area contributed by atoms with Gasteiger partial charge in [-0.1, -0.05) is 152 Å². The molecule has 0 bridgehead atoms. The van der Waals surface area contributed by atoms with E-state index in [2.05, 4.69) is 180 Å². The summed E-state index contributed by atoms with van der Waals surface area (Å²) in [5.74, 6) is 0.636. The molecule has 0 fully saturated rings. The normalized spacial score (nSPS) is 12.1. The van der Waals surface area contributed by atoms with Gasteiger partial charge in [0.2, 0.25) is 5.95 Å². The molecule has 268 valence electrons. The number of benzene rings is 10. The molecule has 3 heterocycles. The minimum absolute atomic E-state index is 0.636. The summed E-state index contributed by atoms with van der Waals surface area (Å²) in [6, 6.07) is 67.3. The molecule has 0 amide bonds. The van der Waals surface area contributed by atoms with E-state index in [1.807, 2.05) is 12.1 Å². The first kappa shape index (κ1) is 31.4. The minimum atomic E-state index is 0.636. The molecule has 0 atom stereocenters. The van der Waals surface area contributed by atoms with E-state index < -0.39 is 0 Å². The zero-order valence-corrected chi connectivity index (χ0v) is 31.1. The van der Waals surface area contributed by atoms with Crippen LogP contribution in [-0.4, -0.2) is 14.5 Å². The third-order valence-corrected chi connectivity index (χ3v) is 12.2. The lowest BCUT2D eigenvalue weighted by molar-refractivity contribution is 0.672. The third kappa shape index (κ3) is 4.45. The Morgan fingerprint density at radius 3 is 1.84 bits per heavy atom. The van der Waals surface area contributed by atoms with Crippen LogP contribution < -0.4 is 0 Å². The molecule has 0 aliphatic rings. The highest BCUT2D eigenvalue weighted by atomic mass is 16.3. The molecule has 0 unspecified atom stereocenters. The Morgan fingerprint density at radius 2 is 1.00 bits per heavy atom. The zero-order valence-electron chi connectivity index (χ0n) is 31.1. The van der Waals surface area contributed by atoms with Crippen molar-refractivity contribution in [1.82, 2.24) is 14.5 Å². The summed E-state index contributed by atoms with van der Waals surface area (Å²) < 4.78 is 8.78. The first-order valence-corrected chi connectivity index (χ1v) is 19.7. The van der Waals surface area contributed by atoms with Gasteiger partial charge in [-0.3, -0.25) is 4.57 Å². The summed E-state index contributed by atoms with van der Waals surface area (Å²) in [6.07, 6.45) is 0. The molecule has 0 N–H and O–H groups in total. The van der Waals surface area contributed by atoms with Gasteiger partial charge >= 0.3 is 0 Å². The van der Waals surface area contributed by atoms with Crippen molar-refractivity contribution in [2.45, 2.75) is 0 Å². The molecule has 13 aromatic rings. The Hall–Kier alpha value is -7.82. The average Bonchev–Trinajstić information content (AvgIpc) is 3.83. The summed E-state index contributed by atoms with van der Waals surface area (Å²) in [6.45, 7) is 0. The summed E-state index contributed by atoms with van der Waals surface area (Å²) in [5, 5.41) is 14.8. The molecule has 0 radical (unpaired) electrons. The Kier molecular flexibility index (Phi) is 6.41. The molecule has 4 heteroatoms. The van der Waals surface area contributed by atoms with Crippen molar-refractivity contribution in [3.8, 4) is 28.3 Å². The molecule has 0 aliphatic heterocycles. The maximum Gasteiger partial charge on any atom is 0.235 e. The third-order valence-electron chi connectivity index (χ3n) is 12.2. The van der Waals surface area contributed by atoms with Gasteiger partial charge in [-0.2, -0.15) is 0 Å². The van der Waals surface area contributed by atoms with Gasteiger partial charge in [0.25, 0.3) is 0 Å². The highest BCUT2D eigenvalue weighted by molar-refractivity contribution is 6.27. The highest BCUT2D eigenvalue weighted by Crippen LogP contribution is 2.43. The fraction of sp³-hybridized carbons (Fsp3) is 0. The van der Waals surface area contributed by atoms with E-state index in [4.69, 9.17) is 14.4 Å². The van der Waals surface area contributed by atoms with Crippen molar-refractivity contribution in [3.63, 3.8) is 0 Å². The smallest absolute Gasteiger partial charge is 0.235 e. The van der Waals surface area contributed by atoms with Gasteiger partial charge in [0, 0.05) is 43.3 Å². The van der Waals surface area contributed by atoms with E-state index in [-0.39, 0.29) is 0 Å². The van der Waals surface area contributed by atoms with Crippen LogP contribution in [0, 0.1) is 0 Å². The summed E-state index contributed by atoms with van der Waals surface area (Å²) >= 11 is 0. The second-order valence-electron chi connectivity index (χ2n) is 15.3. The number of rotatable bonds is 3. The molecule has 0 aliphatic carbocycles. The molecule has 58 heavy (non-hydrogen) atoms. The molecule has 0 saturated carbocycles. The second kappa shape index (κ2) is 11.8. The van der Waals surface area contributed by atoms with Crippen molar-refractivity contribution in [1.29, 1.82) is 0 Å². The maximum atomic E-state index is 6.53. The number of furan rings is 1. The molecular weight excluding hydrogens is 707 g/mol. The van der Waals surface area contributed by atoms with Crippen LogP contribution in [0.1, 0.15) is 0 Å². The first-order valence-electron chi connectivity index (χ1n) is 19.7. The molecule has 0 spiro atoms. The van der Waals surface area contributed by atoms with Gasteiger partial charge in [-0.25, -0.2) is 9.97 Å². The first-order chi connectivity index (χ1) is 28.7. The summed E-state index contributed by atoms with van der Waals surface area (Å²) in [7, 11) is 0. The Morgan fingerprint density at radius 1 is 0.362 bits per heavy atom. The largest absolute Gasteiger partial charge is 0.455 e. The van der Waals surface area contributed by atoms with Gasteiger partial charge in [0.15, 0.2) is 0 Å². The quantitative estimate of drug-likeness (QED) is 0.170. The van der Waals surface area contributed by atoms with Gasteiger partial charge in [-0.05, 0) is 79.8 Å². The topological polar surface area (TPSA) is 43.9 Å². The number of nitrogens with zero attached hydrogens (tertiary/aromatic N) is 3. The Bertz CT molecular complexity index is 3850. The van der Waals surface area contributed by atoms with Crippen molar-refractivity contribution >= 4 is 97.7 Å². The molecule has 0 saturated heterocycles.